The maximum Gasteiger partial charge on any atom is 0.0984 e. The van der Waals surface area contributed by atoms with Gasteiger partial charge in [0.2, 0.25) is 0 Å². The Morgan fingerprint density at radius 1 is 0.870 bits per heavy atom. The normalized spacial score (nSPS) is 15.1. The Morgan fingerprint density at radius 3 is 2.00 bits per heavy atom. The van der Waals surface area contributed by atoms with Crippen LogP contribution in [0, 0.1) is 0 Å². The highest BCUT2D eigenvalue weighted by Gasteiger charge is 2.23. The van der Waals surface area contributed by atoms with Crippen LogP contribution >= 0.6 is 0 Å². The van der Waals surface area contributed by atoms with Crippen molar-refractivity contribution in [1.29, 1.82) is 0 Å². The first-order valence-corrected chi connectivity index (χ1v) is 8.76. The van der Waals surface area contributed by atoms with E-state index in [1.165, 1.54) is 19.3 Å². The predicted octanol–water partition coefficient (Wildman–Crippen LogP) is 5.02. The van der Waals surface area contributed by atoms with Crippen molar-refractivity contribution in [3.8, 4) is 0 Å². The molecular formula is C21H29NO. The van der Waals surface area contributed by atoms with Gasteiger partial charge in [0, 0.05) is 6.04 Å². The van der Waals surface area contributed by atoms with Gasteiger partial charge < -0.3 is 10.4 Å². The average molecular weight is 311 g/mol. The molecule has 0 aliphatic heterocycles. The van der Waals surface area contributed by atoms with E-state index < -0.39 is 6.10 Å². The second-order valence-electron chi connectivity index (χ2n) is 6.31. The molecule has 2 aromatic rings. The molecule has 0 aliphatic rings. The molecule has 2 rings (SSSR count). The van der Waals surface area contributed by atoms with E-state index >= 15 is 0 Å². The summed E-state index contributed by atoms with van der Waals surface area (Å²) in [5.41, 5.74) is 2.08. The van der Waals surface area contributed by atoms with Gasteiger partial charge in [-0.05, 0) is 24.5 Å². The van der Waals surface area contributed by atoms with Crippen LogP contribution in [0.4, 0.5) is 0 Å². The lowest BCUT2D eigenvalue weighted by Gasteiger charge is -2.28. The summed E-state index contributed by atoms with van der Waals surface area (Å²) in [5.74, 6) is 0. The summed E-state index contributed by atoms with van der Waals surface area (Å²) in [7, 11) is 0. The molecule has 2 aromatic carbocycles. The lowest BCUT2D eigenvalue weighted by atomic mass is 9.94. The minimum Gasteiger partial charge on any atom is -0.386 e. The number of hydrogen-bond acceptors (Lipinski definition) is 2. The predicted molar refractivity (Wildman–Crippen MR) is 97.3 cm³/mol. The highest BCUT2D eigenvalue weighted by Crippen LogP contribution is 2.29. The highest BCUT2D eigenvalue weighted by atomic mass is 16.3. The van der Waals surface area contributed by atoms with Gasteiger partial charge in [0.25, 0.3) is 0 Å². The smallest absolute Gasteiger partial charge is 0.0984 e. The fraction of sp³-hybridized carbons (Fsp3) is 0.429. The monoisotopic (exact) mass is 311 g/mol. The van der Waals surface area contributed by atoms with Crippen molar-refractivity contribution in [2.45, 2.75) is 57.7 Å². The van der Waals surface area contributed by atoms with Crippen molar-refractivity contribution in [2.75, 3.05) is 0 Å². The Hall–Kier alpha value is -1.64. The van der Waals surface area contributed by atoms with Gasteiger partial charge in [-0.15, -0.1) is 0 Å². The highest BCUT2D eigenvalue weighted by molar-refractivity contribution is 5.26. The van der Waals surface area contributed by atoms with Crippen LogP contribution in [0.15, 0.2) is 60.7 Å². The fourth-order valence-corrected chi connectivity index (χ4v) is 2.96. The molecule has 2 heteroatoms. The minimum absolute atomic E-state index is 0.0878. The van der Waals surface area contributed by atoms with Crippen molar-refractivity contribution in [2.24, 2.45) is 0 Å². The van der Waals surface area contributed by atoms with Gasteiger partial charge in [0.1, 0.15) is 0 Å². The van der Waals surface area contributed by atoms with E-state index in [4.69, 9.17) is 0 Å². The summed E-state index contributed by atoms with van der Waals surface area (Å²) in [5, 5.41) is 14.5. The quantitative estimate of drug-likeness (QED) is 0.637. The van der Waals surface area contributed by atoms with Gasteiger partial charge in [-0.3, -0.25) is 0 Å². The minimum atomic E-state index is -0.549. The summed E-state index contributed by atoms with van der Waals surface area (Å²) in [6, 6.07) is 20.5. The first-order chi connectivity index (χ1) is 11.2. The topological polar surface area (TPSA) is 32.3 Å². The molecule has 0 aromatic heterocycles. The number of unbranched alkanes of at least 4 members (excludes halogenated alkanes) is 2. The van der Waals surface area contributed by atoms with Crippen LogP contribution in [0.25, 0.3) is 0 Å². The van der Waals surface area contributed by atoms with E-state index in [1.807, 2.05) is 48.5 Å². The van der Waals surface area contributed by atoms with E-state index in [2.05, 4.69) is 31.3 Å². The van der Waals surface area contributed by atoms with Gasteiger partial charge in [-0.2, -0.15) is 0 Å². The number of benzene rings is 2. The Kier molecular flexibility index (Phi) is 7.31. The van der Waals surface area contributed by atoms with Gasteiger partial charge in [0.15, 0.2) is 0 Å². The molecule has 0 spiro atoms. The largest absolute Gasteiger partial charge is 0.386 e. The maximum atomic E-state index is 10.9. The molecule has 2 nitrogen and oxygen atoms in total. The second kappa shape index (κ2) is 9.49. The average Bonchev–Trinajstić information content (AvgIpc) is 2.61. The molecule has 23 heavy (non-hydrogen) atoms. The Balaban J connectivity index is 2.12. The second-order valence-corrected chi connectivity index (χ2v) is 6.31. The Bertz CT molecular complexity index is 540. The lowest BCUT2D eigenvalue weighted by molar-refractivity contribution is 0.121. The number of aliphatic hydroxyl groups is 1. The zero-order chi connectivity index (χ0) is 16.5. The molecule has 0 fully saturated rings. The summed E-state index contributed by atoms with van der Waals surface area (Å²) in [6.45, 7) is 4.44. The van der Waals surface area contributed by atoms with Crippen molar-refractivity contribution in [3.63, 3.8) is 0 Å². The van der Waals surface area contributed by atoms with E-state index in [-0.39, 0.29) is 6.04 Å². The molecule has 2 N–H and O–H groups in total. The standard InChI is InChI=1S/C21H29NO/c1-3-4-7-12-17(2)22-20(18-13-8-5-9-14-18)21(23)19-15-10-6-11-16-19/h5-6,8-11,13-17,20-23H,3-4,7,12H2,1-2H3/t17-,20+,21+/m0/s1. The van der Waals surface area contributed by atoms with Crippen molar-refractivity contribution < 1.29 is 5.11 Å². The SMILES string of the molecule is CCCCC[C@H](C)N[C@H](c1ccccc1)[C@H](O)c1ccccc1. The summed E-state index contributed by atoms with van der Waals surface area (Å²) in [6.07, 6.45) is 4.32. The number of hydrogen-bond donors (Lipinski definition) is 2. The van der Waals surface area contributed by atoms with E-state index in [0.29, 0.717) is 6.04 Å². The lowest BCUT2D eigenvalue weighted by Crippen LogP contribution is -2.34. The molecule has 0 bridgehead atoms. The third kappa shape index (κ3) is 5.49. The zero-order valence-corrected chi connectivity index (χ0v) is 14.3. The number of nitrogens with one attached hydrogen (secondary N) is 1. The summed E-state index contributed by atoms with van der Waals surface area (Å²) >= 11 is 0. The van der Waals surface area contributed by atoms with Crippen LogP contribution in [0.1, 0.15) is 62.8 Å². The summed E-state index contributed by atoms with van der Waals surface area (Å²) in [4.78, 5) is 0. The Labute approximate surface area is 140 Å². The Morgan fingerprint density at radius 2 is 1.43 bits per heavy atom. The third-order valence-electron chi connectivity index (χ3n) is 4.32. The maximum absolute atomic E-state index is 10.9. The van der Waals surface area contributed by atoms with Gasteiger partial charge in [0.05, 0.1) is 12.1 Å². The molecule has 3 atom stereocenters. The molecule has 124 valence electrons. The van der Waals surface area contributed by atoms with Crippen LogP contribution < -0.4 is 5.32 Å². The molecule has 0 saturated carbocycles. The summed E-state index contributed by atoms with van der Waals surface area (Å²) < 4.78 is 0. The van der Waals surface area contributed by atoms with Crippen molar-refractivity contribution in [1.82, 2.24) is 5.32 Å². The van der Waals surface area contributed by atoms with Crippen LogP contribution in [0.3, 0.4) is 0 Å². The molecule has 0 unspecified atom stereocenters. The van der Waals surface area contributed by atoms with Gasteiger partial charge in [-0.25, -0.2) is 0 Å². The number of rotatable bonds is 9. The van der Waals surface area contributed by atoms with E-state index in [9.17, 15) is 5.11 Å². The fourth-order valence-electron chi connectivity index (χ4n) is 2.96. The van der Waals surface area contributed by atoms with Crippen LogP contribution in [-0.4, -0.2) is 11.1 Å². The molecule has 0 aliphatic carbocycles. The molecular weight excluding hydrogens is 282 g/mol. The van der Waals surface area contributed by atoms with E-state index in [0.717, 1.165) is 17.5 Å². The number of aliphatic hydroxyl groups excluding tert-OH is 1. The molecule has 0 radical (unpaired) electrons. The van der Waals surface area contributed by atoms with Gasteiger partial charge >= 0.3 is 0 Å². The molecule has 0 saturated heterocycles. The van der Waals surface area contributed by atoms with Crippen LogP contribution in [0.5, 0.6) is 0 Å². The van der Waals surface area contributed by atoms with Crippen molar-refractivity contribution in [3.05, 3.63) is 71.8 Å². The zero-order valence-electron chi connectivity index (χ0n) is 14.3. The molecule has 0 heterocycles. The van der Waals surface area contributed by atoms with Crippen LogP contribution in [0.2, 0.25) is 0 Å². The van der Waals surface area contributed by atoms with Crippen LogP contribution in [-0.2, 0) is 0 Å². The first-order valence-electron chi connectivity index (χ1n) is 8.76. The van der Waals surface area contributed by atoms with E-state index in [1.54, 1.807) is 0 Å². The van der Waals surface area contributed by atoms with Crippen molar-refractivity contribution >= 4 is 0 Å². The molecule has 0 amide bonds. The third-order valence-corrected chi connectivity index (χ3v) is 4.32. The van der Waals surface area contributed by atoms with Gasteiger partial charge in [-0.1, -0.05) is 86.8 Å². The first kappa shape index (κ1) is 17.7.